The lowest BCUT2D eigenvalue weighted by Gasteiger charge is -2.31. The molecule has 1 amide bonds. The van der Waals surface area contributed by atoms with E-state index in [1.54, 1.807) is 16.8 Å². The fourth-order valence-corrected chi connectivity index (χ4v) is 5.01. The number of rotatable bonds is 12. The van der Waals surface area contributed by atoms with Gasteiger partial charge < -0.3 is 24.4 Å². The van der Waals surface area contributed by atoms with Gasteiger partial charge in [0.15, 0.2) is 5.00 Å². The van der Waals surface area contributed by atoms with E-state index in [0.717, 1.165) is 34.8 Å². The molecule has 1 aromatic heterocycles. The number of anilines is 2. The van der Waals surface area contributed by atoms with Gasteiger partial charge in [-0.2, -0.15) is 0 Å². The van der Waals surface area contributed by atoms with Gasteiger partial charge in [0, 0.05) is 31.7 Å². The first-order chi connectivity index (χ1) is 18.4. The van der Waals surface area contributed by atoms with Crippen LogP contribution in [0.4, 0.5) is 15.5 Å². The number of thiazole rings is 1. The van der Waals surface area contributed by atoms with Gasteiger partial charge in [0.1, 0.15) is 11.4 Å². The number of hydrogen-bond donors (Lipinski definition) is 2. The smallest absolute Gasteiger partial charge is 0.410 e. The number of carbonyl (C=O) groups is 1. The second-order valence-electron chi connectivity index (χ2n) is 11.2. The Balaban J connectivity index is 1.70. The molecule has 2 N–H and O–H groups in total. The number of nitrogens with one attached hydrogen (secondary N) is 1. The monoisotopic (exact) mass is 555 g/mol. The van der Waals surface area contributed by atoms with Crippen LogP contribution in [0.2, 0.25) is 0 Å². The molecule has 2 aromatic carbocycles. The van der Waals surface area contributed by atoms with Gasteiger partial charge in [-0.1, -0.05) is 55.5 Å². The van der Waals surface area contributed by atoms with Crippen molar-refractivity contribution in [2.75, 3.05) is 31.6 Å². The molecule has 0 spiro atoms. The summed E-state index contributed by atoms with van der Waals surface area (Å²) >= 11 is 0.952. The number of amides is 1. The molecule has 0 saturated heterocycles. The van der Waals surface area contributed by atoms with E-state index in [9.17, 15) is 14.7 Å². The predicted octanol–water partition coefficient (Wildman–Crippen LogP) is 6.43. The van der Waals surface area contributed by atoms with Crippen molar-refractivity contribution < 1.29 is 19.4 Å². The number of ether oxygens (including phenoxy) is 2. The third kappa shape index (κ3) is 9.66. The number of carbonyl (C=O) groups excluding carboxylic acids is 1. The maximum atomic E-state index is 13.2. The van der Waals surface area contributed by atoms with Crippen molar-refractivity contribution in [2.24, 2.45) is 11.8 Å². The number of aromatic hydroxyl groups is 1. The Morgan fingerprint density at radius 1 is 1.08 bits per heavy atom. The first-order valence-electron chi connectivity index (χ1n) is 13.3. The van der Waals surface area contributed by atoms with Gasteiger partial charge in [-0.3, -0.25) is 9.78 Å². The van der Waals surface area contributed by atoms with Gasteiger partial charge in [0.25, 0.3) is 0 Å². The summed E-state index contributed by atoms with van der Waals surface area (Å²) in [4.78, 5) is 30.4. The highest BCUT2D eigenvalue weighted by atomic mass is 32.1. The van der Waals surface area contributed by atoms with E-state index in [-0.39, 0.29) is 22.8 Å². The summed E-state index contributed by atoms with van der Waals surface area (Å²) in [6, 6.07) is 17.6. The van der Waals surface area contributed by atoms with Gasteiger partial charge in [-0.15, -0.1) is 0 Å². The highest BCUT2D eigenvalue weighted by Crippen LogP contribution is 2.32. The number of para-hydroxylation sites is 1. The normalized spacial score (nSPS) is 12.3. The molecule has 1 atom stereocenters. The second-order valence-corrected chi connectivity index (χ2v) is 12.2. The summed E-state index contributed by atoms with van der Waals surface area (Å²) in [5.74, 6) is 1.28. The zero-order valence-electron chi connectivity index (χ0n) is 23.8. The minimum Gasteiger partial charge on any atom is -0.493 e. The molecule has 39 heavy (non-hydrogen) atoms. The first kappa shape index (κ1) is 30.1. The summed E-state index contributed by atoms with van der Waals surface area (Å²) < 4.78 is 11.8. The Labute approximate surface area is 235 Å². The third-order valence-electron chi connectivity index (χ3n) is 6.08. The molecule has 0 saturated carbocycles. The number of aromatic nitrogens is 1. The molecule has 212 valence electrons. The maximum Gasteiger partial charge on any atom is 0.410 e. The average Bonchev–Trinajstić information content (AvgIpc) is 3.21. The highest BCUT2D eigenvalue weighted by Gasteiger charge is 2.25. The van der Waals surface area contributed by atoms with Gasteiger partial charge in [0.05, 0.1) is 6.61 Å². The number of benzene rings is 2. The van der Waals surface area contributed by atoms with Crippen molar-refractivity contribution in [1.82, 2.24) is 9.88 Å². The van der Waals surface area contributed by atoms with Gasteiger partial charge in [0.2, 0.25) is 5.88 Å². The molecule has 3 aromatic rings. The summed E-state index contributed by atoms with van der Waals surface area (Å²) in [6.07, 6.45) is 1.25. The van der Waals surface area contributed by atoms with Crippen molar-refractivity contribution in [3.8, 4) is 11.6 Å². The van der Waals surface area contributed by atoms with Crippen LogP contribution in [0.3, 0.4) is 0 Å². The van der Waals surface area contributed by atoms with Gasteiger partial charge in [-0.05, 0) is 69.4 Å². The molecule has 0 unspecified atom stereocenters. The van der Waals surface area contributed by atoms with E-state index in [4.69, 9.17) is 9.47 Å². The van der Waals surface area contributed by atoms with Crippen LogP contribution < -0.4 is 14.5 Å². The lowest BCUT2D eigenvalue weighted by Crippen LogP contribution is -2.42. The first-order valence-corrected chi connectivity index (χ1v) is 14.1. The van der Waals surface area contributed by atoms with Crippen LogP contribution in [0.1, 0.15) is 46.6 Å². The van der Waals surface area contributed by atoms with E-state index >= 15 is 0 Å². The quantitative estimate of drug-likeness (QED) is 0.267. The molecule has 0 radical (unpaired) electrons. The van der Waals surface area contributed by atoms with E-state index in [2.05, 4.69) is 18.8 Å². The van der Waals surface area contributed by atoms with Crippen molar-refractivity contribution >= 4 is 28.1 Å². The SMILES string of the molecule is CC(C)C[C@H](COc1ccccc1)CN(CCc1ccc(N(C)c2sc(=O)[nH]c2O)cc1)C(=O)OC(C)(C)C. The molecular formula is C30H41N3O5S. The Hall–Kier alpha value is -3.46. The predicted molar refractivity (Wildman–Crippen MR) is 158 cm³/mol. The number of aromatic amines is 1. The minimum atomic E-state index is -0.593. The Morgan fingerprint density at radius 2 is 1.74 bits per heavy atom. The summed E-state index contributed by atoms with van der Waals surface area (Å²) in [7, 11) is 1.80. The zero-order chi connectivity index (χ0) is 28.6. The summed E-state index contributed by atoms with van der Waals surface area (Å²) in [5.41, 5.74) is 1.31. The summed E-state index contributed by atoms with van der Waals surface area (Å²) in [5, 5.41) is 10.4. The van der Waals surface area contributed by atoms with E-state index in [1.807, 2.05) is 75.4 Å². The molecular weight excluding hydrogens is 514 g/mol. The van der Waals surface area contributed by atoms with Crippen LogP contribution >= 0.6 is 11.3 Å². The molecule has 0 aliphatic heterocycles. The van der Waals surface area contributed by atoms with E-state index in [1.165, 1.54) is 0 Å². The molecule has 0 bridgehead atoms. The molecule has 0 fully saturated rings. The average molecular weight is 556 g/mol. The highest BCUT2D eigenvalue weighted by molar-refractivity contribution is 7.13. The van der Waals surface area contributed by atoms with Crippen LogP contribution in [0, 0.1) is 11.8 Å². The molecule has 0 aliphatic carbocycles. The Morgan fingerprint density at radius 3 is 2.31 bits per heavy atom. The summed E-state index contributed by atoms with van der Waals surface area (Å²) in [6.45, 7) is 11.5. The largest absolute Gasteiger partial charge is 0.493 e. The molecule has 1 heterocycles. The van der Waals surface area contributed by atoms with Gasteiger partial charge >= 0.3 is 11.0 Å². The zero-order valence-corrected chi connectivity index (χ0v) is 24.6. The number of nitrogens with zero attached hydrogens (tertiary/aromatic N) is 2. The standard InChI is InChI=1S/C30H41N3O5S/c1-21(2)18-23(20-37-25-10-8-7-9-11-25)19-33(29(36)38-30(3,4)5)17-16-22-12-14-24(15-13-22)32(6)27-26(34)31-28(35)39-27/h7-15,21,23,34H,16-20H2,1-6H3,(H,31,35)/t23-/m0/s1. The fraction of sp³-hybridized carbons (Fsp3) is 0.467. The van der Waals surface area contributed by atoms with Gasteiger partial charge in [-0.25, -0.2) is 4.79 Å². The topological polar surface area (TPSA) is 95.1 Å². The third-order valence-corrected chi connectivity index (χ3v) is 7.02. The lowest BCUT2D eigenvalue weighted by atomic mass is 9.97. The Bertz CT molecular complexity index is 1230. The van der Waals surface area contributed by atoms with Crippen molar-refractivity contribution in [3.63, 3.8) is 0 Å². The second kappa shape index (κ2) is 13.6. The van der Waals surface area contributed by atoms with E-state index in [0.29, 0.717) is 37.0 Å². The van der Waals surface area contributed by atoms with Crippen LogP contribution in [0.25, 0.3) is 0 Å². The lowest BCUT2D eigenvalue weighted by molar-refractivity contribution is 0.0198. The van der Waals surface area contributed by atoms with E-state index < -0.39 is 5.60 Å². The molecule has 8 nitrogen and oxygen atoms in total. The number of H-pyrrole nitrogens is 1. The van der Waals surface area contributed by atoms with Crippen molar-refractivity contribution in [2.45, 2.75) is 53.1 Å². The van der Waals surface area contributed by atoms with Crippen LogP contribution in [0.15, 0.2) is 59.4 Å². The Kier molecular flexibility index (Phi) is 10.5. The minimum absolute atomic E-state index is 0.142. The van der Waals surface area contributed by atoms with Crippen LogP contribution in [-0.4, -0.2) is 53.4 Å². The number of hydrogen-bond acceptors (Lipinski definition) is 7. The molecule has 9 heteroatoms. The van der Waals surface area contributed by atoms with Crippen molar-refractivity contribution in [1.29, 1.82) is 0 Å². The van der Waals surface area contributed by atoms with Crippen LogP contribution in [0.5, 0.6) is 11.6 Å². The fourth-order valence-electron chi connectivity index (χ4n) is 4.29. The molecule has 3 rings (SSSR count). The van der Waals surface area contributed by atoms with Crippen LogP contribution in [-0.2, 0) is 11.2 Å². The maximum absolute atomic E-state index is 13.2. The molecule has 0 aliphatic rings. The van der Waals surface area contributed by atoms with Crippen molar-refractivity contribution in [3.05, 3.63) is 69.8 Å².